The van der Waals surface area contributed by atoms with Gasteiger partial charge >= 0.3 is 0 Å². The lowest BCUT2D eigenvalue weighted by Crippen LogP contribution is -2.36. The number of aryl methyl sites for hydroxylation is 1. The first-order chi connectivity index (χ1) is 17.2. The van der Waals surface area contributed by atoms with Gasteiger partial charge in [-0.05, 0) is 79.3 Å². The van der Waals surface area contributed by atoms with Gasteiger partial charge in [0.25, 0.3) is 0 Å². The van der Waals surface area contributed by atoms with Crippen LogP contribution in [0, 0.1) is 13.8 Å². The van der Waals surface area contributed by atoms with Gasteiger partial charge in [0.1, 0.15) is 0 Å². The van der Waals surface area contributed by atoms with Crippen molar-refractivity contribution >= 4 is 27.5 Å². The van der Waals surface area contributed by atoms with Crippen LogP contribution in [0.25, 0.3) is 11.1 Å². The molecule has 1 heterocycles. The first-order valence-corrected chi connectivity index (χ1v) is 13.7. The minimum absolute atomic E-state index is 0.153. The normalized spacial score (nSPS) is 12.5. The second kappa shape index (κ2) is 12.5. The fraction of sp³-hybridized carbons (Fsp3) is 0.333. The largest absolute Gasteiger partial charge is 0.355 e. The lowest BCUT2D eigenvalue weighted by molar-refractivity contribution is -0.121. The lowest BCUT2D eigenvalue weighted by Gasteiger charge is -2.30. The van der Waals surface area contributed by atoms with Crippen molar-refractivity contribution in [2.24, 2.45) is 5.73 Å². The molecule has 0 bridgehead atoms. The number of sulfonamides is 1. The zero-order valence-corrected chi connectivity index (χ0v) is 22.4. The molecule has 0 radical (unpaired) electrons. The Labute approximate surface area is 218 Å². The first kappa shape index (κ1) is 27.8. The van der Waals surface area contributed by atoms with E-state index in [2.05, 4.69) is 10.3 Å². The number of benzene rings is 2. The number of pyridine rings is 1. The number of hydrogen-bond donors (Lipinski definition) is 2. The van der Waals surface area contributed by atoms with Crippen LogP contribution in [0.15, 0.2) is 65.8 Å². The van der Waals surface area contributed by atoms with Crippen LogP contribution >= 0.6 is 11.6 Å². The Morgan fingerprint density at radius 2 is 1.92 bits per heavy atom. The maximum absolute atomic E-state index is 13.9. The number of nitrogens with two attached hydrogens (primary N) is 1. The van der Waals surface area contributed by atoms with Crippen molar-refractivity contribution in [2.45, 2.75) is 44.6 Å². The fourth-order valence-corrected chi connectivity index (χ4v) is 6.28. The summed E-state index contributed by atoms with van der Waals surface area (Å²) in [7, 11) is -3.91. The van der Waals surface area contributed by atoms with E-state index in [1.807, 2.05) is 44.2 Å². The summed E-state index contributed by atoms with van der Waals surface area (Å²) >= 11 is 6.27. The topological polar surface area (TPSA) is 105 Å². The highest BCUT2D eigenvalue weighted by atomic mass is 35.5. The van der Waals surface area contributed by atoms with Crippen LogP contribution in [0.1, 0.15) is 42.5 Å². The van der Waals surface area contributed by atoms with Crippen molar-refractivity contribution in [2.75, 3.05) is 19.6 Å². The predicted octanol–water partition coefficient (Wildman–Crippen LogP) is 4.63. The number of halogens is 1. The molecule has 2 aromatic carbocycles. The van der Waals surface area contributed by atoms with E-state index in [0.29, 0.717) is 30.1 Å². The third-order valence-corrected chi connectivity index (χ3v) is 8.71. The average Bonchev–Trinajstić information content (AvgIpc) is 2.86. The molecule has 0 aliphatic carbocycles. The highest BCUT2D eigenvalue weighted by Crippen LogP contribution is 2.33. The van der Waals surface area contributed by atoms with Crippen molar-refractivity contribution in [3.8, 4) is 11.1 Å². The van der Waals surface area contributed by atoms with E-state index in [4.69, 9.17) is 17.3 Å². The summed E-state index contributed by atoms with van der Waals surface area (Å²) in [5.74, 6) is -0.153. The van der Waals surface area contributed by atoms with E-state index in [9.17, 15) is 13.2 Å². The van der Waals surface area contributed by atoms with E-state index in [0.717, 1.165) is 22.3 Å². The van der Waals surface area contributed by atoms with Crippen molar-refractivity contribution < 1.29 is 13.2 Å². The van der Waals surface area contributed by atoms with Gasteiger partial charge in [-0.2, -0.15) is 4.31 Å². The van der Waals surface area contributed by atoms with Crippen molar-refractivity contribution in [3.63, 3.8) is 0 Å². The molecule has 0 aliphatic heterocycles. The van der Waals surface area contributed by atoms with Gasteiger partial charge in [-0.25, -0.2) is 8.42 Å². The third kappa shape index (κ3) is 6.50. The molecule has 1 atom stereocenters. The fourth-order valence-electron chi connectivity index (χ4n) is 4.14. The number of aromatic nitrogens is 1. The summed E-state index contributed by atoms with van der Waals surface area (Å²) in [5.41, 5.74) is 9.85. The Hall–Kier alpha value is -2.78. The van der Waals surface area contributed by atoms with Gasteiger partial charge < -0.3 is 11.1 Å². The minimum Gasteiger partial charge on any atom is -0.355 e. The second-order valence-electron chi connectivity index (χ2n) is 8.71. The summed E-state index contributed by atoms with van der Waals surface area (Å²) in [4.78, 5) is 16.4. The Kier molecular flexibility index (Phi) is 9.62. The molecule has 36 heavy (non-hydrogen) atoms. The lowest BCUT2D eigenvalue weighted by atomic mass is 9.98. The number of rotatable bonds is 11. The Balaban J connectivity index is 1.97. The van der Waals surface area contributed by atoms with Crippen molar-refractivity contribution in [1.29, 1.82) is 0 Å². The summed E-state index contributed by atoms with van der Waals surface area (Å²) in [6.45, 7) is 6.47. The van der Waals surface area contributed by atoms with Crippen LogP contribution in [0.5, 0.6) is 0 Å². The standard InChI is InChI=1S/C27H33ClN4O3S/c1-19-18-30-14-12-24(19)23-8-4-7-22(17-23)21(3)32(16-6-11-27(33)31-15-13-29)36(34,35)26-10-5-9-25(28)20(26)2/h4-5,7-10,12,14,17-18,21H,6,11,13,15-16,29H2,1-3H3,(H,31,33)/t21-/m0/s1. The highest BCUT2D eigenvalue weighted by molar-refractivity contribution is 7.89. The Bertz CT molecular complexity index is 1310. The number of carbonyl (C=O) groups is 1. The van der Waals surface area contributed by atoms with E-state index >= 15 is 0 Å². The van der Waals surface area contributed by atoms with Gasteiger partial charge in [-0.1, -0.05) is 35.9 Å². The minimum atomic E-state index is -3.91. The molecule has 7 nitrogen and oxygen atoms in total. The third-order valence-electron chi connectivity index (χ3n) is 6.19. The Morgan fingerprint density at radius 1 is 1.17 bits per heavy atom. The molecule has 0 saturated heterocycles. The molecule has 192 valence electrons. The molecule has 3 rings (SSSR count). The van der Waals surface area contributed by atoms with Gasteiger partial charge in [0.05, 0.1) is 4.90 Å². The maximum Gasteiger partial charge on any atom is 0.243 e. The van der Waals surface area contributed by atoms with E-state index in [-0.39, 0.29) is 23.8 Å². The number of nitrogens with zero attached hydrogens (tertiary/aromatic N) is 2. The number of carbonyl (C=O) groups excluding carboxylic acids is 1. The van der Waals surface area contributed by atoms with Gasteiger partial charge in [0, 0.05) is 49.5 Å². The number of hydrogen-bond acceptors (Lipinski definition) is 5. The zero-order valence-electron chi connectivity index (χ0n) is 20.9. The van der Waals surface area contributed by atoms with Crippen LogP contribution in [0.3, 0.4) is 0 Å². The molecule has 1 amide bonds. The van der Waals surface area contributed by atoms with Crippen LogP contribution in [0.2, 0.25) is 5.02 Å². The maximum atomic E-state index is 13.9. The quantitative estimate of drug-likeness (QED) is 0.377. The van der Waals surface area contributed by atoms with E-state index < -0.39 is 16.1 Å². The molecule has 0 unspecified atom stereocenters. The summed E-state index contributed by atoms with van der Waals surface area (Å²) in [6, 6.07) is 14.2. The Morgan fingerprint density at radius 3 is 2.64 bits per heavy atom. The van der Waals surface area contributed by atoms with Gasteiger partial charge in [0.15, 0.2) is 0 Å². The van der Waals surface area contributed by atoms with E-state index in [1.54, 1.807) is 37.5 Å². The SMILES string of the molecule is Cc1cnccc1-c1cccc([C@H](C)N(CCCC(=O)NCCN)S(=O)(=O)c2cccc(Cl)c2C)c1. The molecule has 0 fully saturated rings. The van der Waals surface area contributed by atoms with E-state index in [1.165, 1.54) is 4.31 Å². The highest BCUT2D eigenvalue weighted by Gasteiger charge is 2.31. The summed E-state index contributed by atoms with van der Waals surface area (Å²) in [5, 5.41) is 3.12. The van der Waals surface area contributed by atoms with Crippen LogP contribution in [0.4, 0.5) is 0 Å². The van der Waals surface area contributed by atoms with Crippen molar-refractivity contribution in [1.82, 2.24) is 14.6 Å². The van der Waals surface area contributed by atoms with Crippen LogP contribution < -0.4 is 11.1 Å². The first-order valence-electron chi connectivity index (χ1n) is 11.9. The molecule has 0 saturated carbocycles. The van der Waals surface area contributed by atoms with Crippen LogP contribution in [-0.4, -0.2) is 43.2 Å². The molecule has 9 heteroatoms. The van der Waals surface area contributed by atoms with Gasteiger partial charge in [-0.15, -0.1) is 0 Å². The monoisotopic (exact) mass is 528 g/mol. The zero-order chi connectivity index (χ0) is 26.3. The average molecular weight is 529 g/mol. The smallest absolute Gasteiger partial charge is 0.243 e. The summed E-state index contributed by atoms with van der Waals surface area (Å²) < 4.78 is 29.3. The van der Waals surface area contributed by atoms with Gasteiger partial charge in [0.2, 0.25) is 15.9 Å². The molecule has 3 aromatic rings. The molecule has 0 aliphatic rings. The molecule has 1 aromatic heterocycles. The molecule has 3 N–H and O–H groups in total. The predicted molar refractivity (Wildman–Crippen MR) is 144 cm³/mol. The second-order valence-corrected chi connectivity index (χ2v) is 11.0. The van der Waals surface area contributed by atoms with Crippen molar-refractivity contribution in [3.05, 3.63) is 82.6 Å². The molecular weight excluding hydrogens is 496 g/mol. The molecular formula is C27H33ClN4O3S. The van der Waals surface area contributed by atoms with Crippen LogP contribution in [-0.2, 0) is 14.8 Å². The van der Waals surface area contributed by atoms with Gasteiger partial charge in [-0.3, -0.25) is 9.78 Å². The summed E-state index contributed by atoms with van der Waals surface area (Å²) in [6.07, 6.45) is 4.11. The molecule has 0 spiro atoms. The number of amides is 1. The number of nitrogens with one attached hydrogen (secondary N) is 1.